The first-order valence-corrected chi connectivity index (χ1v) is 9.36. The predicted molar refractivity (Wildman–Crippen MR) is 109 cm³/mol. The Bertz CT molecular complexity index is 865. The molecular weight excluding hydrogens is 374 g/mol. The van der Waals surface area contributed by atoms with Crippen molar-refractivity contribution in [1.82, 2.24) is 10.6 Å². The zero-order valence-corrected chi connectivity index (χ0v) is 16.5. The molecule has 0 aromatic heterocycles. The van der Waals surface area contributed by atoms with Crippen LogP contribution in [0.4, 0.5) is 5.69 Å². The maximum Gasteiger partial charge on any atom is 0.262 e. The number of hydrogen-bond donors (Lipinski definition) is 3. The Hall–Kier alpha value is -3.26. The number of rotatable bonds is 8. The molecule has 8 nitrogen and oxygen atoms in total. The molecule has 1 saturated heterocycles. The predicted octanol–water partition coefficient (Wildman–Crippen LogP) is 1.81. The summed E-state index contributed by atoms with van der Waals surface area (Å²) in [7, 11) is 3.02. The Balaban J connectivity index is 1.60. The van der Waals surface area contributed by atoms with Crippen LogP contribution in [0.1, 0.15) is 16.8 Å². The molecule has 2 aromatic rings. The van der Waals surface area contributed by atoms with Crippen molar-refractivity contribution in [3.63, 3.8) is 0 Å². The van der Waals surface area contributed by atoms with Gasteiger partial charge in [0.25, 0.3) is 11.8 Å². The van der Waals surface area contributed by atoms with E-state index in [0.717, 1.165) is 19.5 Å². The zero-order valence-electron chi connectivity index (χ0n) is 16.5. The third-order valence-electron chi connectivity index (χ3n) is 4.56. The first kappa shape index (κ1) is 20.5. The Morgan fingerprint density at radius 2 is 1.86 bits per heavy atom. The van der Waals surface area contributed by atoms with E-state index in [1.54, 1.807) is 36.4 Å². The fourth-order valence-electron chi connectivity index (χ4n) is 3.05. The van der Waals surface area contributed by atoms with Gasteiger partial charge in [0.2, 0.25) is 0 Å². The van der Waals surface area contributed by atoms with Gasteiger partial charge in [-0.1, -0.05) is 12.1 Å². The third kappa shape index (κ3) is 5.39. The minimum atomic E-state index is -0.341. The Kier molecular flexibility index (Phi) is 6.91. The fourth-order valence-corrected chi connectivity index (χ4v) is 3.05. The number of methoxy groups -OCH3 is 2. The third-order valence-corrected chi connectivity index (χ3v) is 4.56. The number of para-hydroxylation sites is 2. The zero-order chi connectivity index (χ0) is 20.6. The molecule has 3 rings (SSSR count). The maximum absolute atomic E-state index is 12.4. The molecule has 3 N–H and O–H groups in total. The summed E-state index contributed by atoms with van der Waals surface area (Å²) in [6, 6.07) is 12.1. The molecule has 1 heterocycles. The quantitative estimate of drug-likeness (QED) is 0.626. The van der Waals surface area contributed by atoms with Gasteiger partial charge >= 0.3 is 0 Å². The number of nitrogens with one attached hydrogen (secondary N) is 3. The van der Waals surface area contributed by atoms with Crippen molar-refractivity contribution in [2.24, 2.45) is 0 Å². The normalized spacial score (nSPS) is 15.4. The summed E-state index contributed by atoms with van der Waals surface area (Å²) < 4.78 is 16.1. The molecule has 1 aliphatic heterocycles. The fraction of sp³-hybridized carbons (Fsp3) is 0.333. The number of carbonyl (C=O) groups excluding carboxylic acids is 2. The van der Waals surface area contributed by atoms with Crippen LogP contribution in [0.2, 0.25) is 0 Å². The van der Waals surface area contributed by atoms with E-state index in [9.17, 15) is 9.59 Å². The molecule has 0 spiro atoms. The molecule has 2 aromatic carbocycles. The van der Waals surface area contributed by atoms with Gasteiger partial charge < -0.3 is 30.2 Å². The molecule has 2 amide bonds. The number of amides is 2. The minimum Gasteiger partial charge on any atom is -0.495 e. The van der Waals surface area contributed by atoms with Crippen molar-refractivity contribution in [1.29, 1.82) is 0 Å². The summed E-state index contributed by atoms with van der Waals surface area (Å²) in [5.41, 5.74) is 1.03. The van der Waals surface area contributed by atoms with Gasteiger partial charge in [0.1, 0.15) is 5.75 Å². The van der Waals surface area contributed by atoms with Crippen LogP contribution < -0.4 is 30.2 Å². The highest BCUT2D eigenvalue weighted by Crippen LogP contribution is 2.28. The summed E-state index contributed by atoms with van der Waals surface area (Å²) in [6.45, 7) is 1.46. The van der Waals surface area contributed by atoms with E-state index < -0.39 is 0 Å². The highest BCUT2D eigenvalue weighted by atomic mass is 16.5. The van der Waals surface area contributed by atoms with E-state index >= 15 is 0 Å². The van der Waals surface area contributed by atoms with Crippen LogP contribution in [0.15, 0.2) is 42.5 Å². The van der Waals surface area contributed by atoms with Gasteiger partial charge in [-0.15, -0.1) is 0 Å². The summed E-state index contributed by atoms with van der Waals surface area (Å²) in [5.74, 6) is 0.810. The van der Waals surface area contributed by atoms with Crippen molar-refractivity contribution in [3.8, 4) is 17.2 Å². The SMILES string of the molecule is COc1ccccc1NC(=O)COc1ccc(C(=O)NC2CCNC2)cc1OC. The standard InChI is InChI=1S/C21H25N3O5/c1-27-17-6-4-3-5-16(17)24-20(25)13-29-18-8-7-14(11-19(18)28-2)21(26)23-15-9-10-22-12-15/h3-8,11,15,22H,9-10,12-13H2,1-2H3,(H,23,26)(H,24,25). The molecule has 1 unspecified atom stereocenters. The van der Waals surface area contributed by atoms with Gasteiger partial charge in [-0.25, -0.2) is 0 Å². The smallest absolute Gasteiger partial charge is 0.262 e. The molecule has 1 aliphatic rings. The molecular formula is C21H25N3O5. The second-order valence-electron chi connectivity index (χ2n) is 6.57. The molecule has 1 atom stereocenters. The van der Waals surface area contributed by atoms with E-state index in [4.69, 9.17) is 14.2 Å². The van der Waals surface area contributed by atoms with E-state index in [0.29, 0.717) is 28.5 Å². The summed E-state index contributed by atoms with van der Waals surface area (Å²) in [5, 5.41) is 8.93. The highest BCUT2D eigenvalue weighted by molar-refractivity contribution is 5.95. The van der Waals surface area contributed by atoms with Crippen LogP contribution >= 0.6 is 0 Å². The van der Waals surface area contributed by atoms with Crippen molar-refractivity contribution in [2.45, 2.75) is 12.5 Å². The average Bonchev–Trinajstić information content (AvgIpc) is 3.25. The monoisotopic (exact) mass is 399 g/mol. The second-order valence-corrected chi connectivity index (χ2v) is 6.57. The second kappa shape index (κ2) is 9.79. The lowest BCUT2D eigenvalue weighted by atomic mass is 10.1. The van der Waals surface area contributed by atoms with Crippen LogP contribution in [0.25, 0.3) is 0 Å². The first-order chi connectivity index (χ1) is 14.1. The average molecular weight is 399 g/mol. The molecule has 154 valence electrons. The molecule has 0 saturated carbocycles. The van der Waals surface area contributed by atoms with Crippen LogP contribution in [-0.4, -0.2) is 51.8 Å². The Morgan fingerprint density at radius 3 is 2.59 bits per heavy atom. The molecule has 0 bridgehead atoms. The van der Waals surface area contributed by atoms with E-state index in [-0.39, 0.29) is 24.5 Å². The van der Waals surface area contributed by atoms with Crippen molar-refractivity contribution in [3.05, 3.63) is 48.0 Å². The van der Waals surface area contributed by atoms with E-state index in [2.05, 4.69) is 16.0 Å². The lowest BCUT2D eigenvalue weighted by Gasteiger charge is -2.14. The van der Waals surface area contributed by atoms with Gasteiger partial charge in [-0.2, -0.15) is 0 Å². The van der Waals surface area contributed by atoms with Gasteiger partial charge in [0.15, 0.2) is 18.1 Å². The Morgan fingerprint density at radius 1 is 1.07 bits per heavy atom. The highest BCUT2D eigenvalue weighted by Gasteiger charge is 2.19. The summed E-state index contributed by atoms with van der Waals surface area (Å²) in [4.78, 5) is 24.6. The number of benzene rings is 2. The van der Waals surface area contributed by atoms with Crippen molar-refractivity contribution < 1.29 is 23.8 Å². The molecule has 8 heteroatoms. The number of anilines is 1. The van der Waals surface area contributed by atoms with Gasteiger partial charge in [0, 0.05) is 18.2 Å². The molecule has 0 radical (unpaired) electrons. The molecule has 29 heavy (non-hydrogen) atoms. The number of ether oxygens (including phenoxy) is 3. The van der Waals surface area contributed by atoms with Gasteiger partial charge in [0.05, 0.1) is 19.9 Å². The maximum atomic E-state index is 12.4. The molecule has 1 fully saturated rings. The topological polar surface area (TPSA) is 97.9 Å². The van der Waals surface area contributed by atoms with Crippen LogP contribution in [0, 0.1) is 0 Å². The van der Waals surface area contributed by atoms with Crippen molar-refractivity contribution >= 4 is 17.5 Å². The lowest BCUT2D eigenvalue weighted by Crippen LogP contribution is -2.36. The van der Waals surface area contributed by atoms with Crippen molar-refractivity contribution in [2.75, 3.05) is 39.2 Å². The lowest BCUT2D eigenvalue weighted by molar-refractivity contribution is -0.118. The van der Waals surface area contributed by atoms with Gasteiger partial charge in [-0.05, 0) is 43.3 Å². The van der Waals surface area contributed by atoms with Gasteiger partial charge in [-0.3, -0.25) is 9.59 Å². The Labute approximate surface area is 169 Å². The van der Waals surface area contributed by atoms with E-state index in [1.807, 2.05) is 6.07 Å². The summed E-state index contributed by atoms with van der Waals surface area (Å²) in [6.07, 6.45) is 0.908. The van der Waals surface area contributed by atoms with Crippen LogP contribution in [-0.2, 0) is 4.79 Å². The number of hydrogen-bond acceptors (Lipinski definition) is 6. The molecule has 0 aliphatic carbocycles. The van der Waals surface area contributed by atoms with Crippen LogP contribution in [0.3, 0.4) is 0 Å². The summed E-state index contributed by atoms with van der Waals surface area (Å²) >= 11 is 0. The largest absolute Gasteiger partial charge is 0.495 e. The number of carbonyl (C=O) groups is 2. The first-order valence-electron chi connectivity index (χ1n) is 9.36. The van der Waals surface area contributed by atoms with E-state index in [1.165, 1.54) is 14.2 Å². The minimum absolute atomic E-state index is 0.128. The van der Waals surface area contributed by atoms with Crippen LogP contribution in [0.5, 0.6) is 17.2 Å².